The highest BCUT2D eigenvalue weighted by molar-refractivity contribution is 5.24. The minimum absolute atomic E-state index is 0.00273. The maximum atomic E-state index is 5.77. The minimum atomic E-state index is -0.00273. The van der Waals surface area contributed by atoms with Crippen LogP contribution in [-0.4, -0.2) is 43.8 Å². The Morgan fingerprint density at radius 2 is 2.00 bits per heavy atom. The van der Waals surface area contributed by atoms with Gasteiger partial charge in [0.05, 0.1) is 12.2 Å². The number of nitrogens with zero attached hydrogens (tertiary/aromatic N) is 1. The fourth-order valence-corrected chi connectivity index (χ4v) is 2.89. The predicted octanol–water partition coefficient (Wildman–Crippen LogP) is 2.76. The second-order valence-corrected chi connectivity index (χ2v) is 6.42. The van der Waals surface area contributed by atoms with Crippen LogP contribution in [-0.2, 0) is 4.74 Å². The van der Waals surface area contributed by atoms with E-state index in [1.54, 1.807) is 0 Å². The number of hydrogen-bond acceptors (Lipinski definition) is 3. The van der Waals surface area contributed by atoms with E-state index < -0.39 is 0 Å². The van der Waals surface area contributed by atoms with Crippen LogP contribution < -0.4 is 5.32 Å². The molecule has 1 fully saturated rings. The van der Waals surface area contributed by atoms with Crippen molar-refractivity contribution in [2.75, 3.05) is 33.3 Å². The maximum absolute atomic E-state index is 5.77. The molecule has 1 aromatic rings. The molecule has 1 unspecified atom stereocenters. The van der Waals surface area contributed by atoms with Gasteiger partial charge < -0.3 is 10.1 Å². The van der Waals surface area contributed by atoms with Crippen molar-refractivity contribution in [2.45, 2.75) is 38.8 Å². The summed E-state index contributed by atoms with van der Waals surface area (Å²) < 4.78 is 5.77. The van der Waals surface area contributed by atoms with E-state index in [4.69, 9.17) is 4.74 Å². The molecule has 1 aliphatic heterocycles. The third-order valence-electron chi connectivity index (χ3n) is 4.07. The molecule has 0 saturated carbocycles. The Labute approximate surface area is 123 Å². The summed E-state index contributed by atoms with van der Waals surface area (Å²) in [5.41, 5.74) is 2.70. The molecule has 3 heteroatoms. The second-order valence-electron chi connectivity index (χ2n) is 6.42. The number of morpholine rings is 1. The van der Waals surface area contributed by atoms with Gasteiger partial charge >= 0.3 is 0 Å². The average molecular weight is 276 g/mol. The lowest BCUT2D eigenvalue weighted by Gasteiger charge is -2.38. The SMILES string of the molecule is CNC(CCN1CCOC(C)(C)C1)c1ccc(C)cc1. The first-order chi connectivity index (χ1) is 9.50. The zero-order chi connectivity index (χ0) is 14.6. The van der Waals surface area contributed by atoms with Crippen molar-refractivity contribution in [2.24, 2.45) is 0 Å². The Hall–Kier alpha value is -0.900. The van der Waals surface area contributed by atoms with Gasteiger partial charge in [-0.1, -0.05) is 29.8 Å². The summed E-state index contributed by atoms with van der Waals surface area (Å²) in [5, 5.41) is 3.44. The molecule has 1 N–H and O–H groups in total. The monoisotopic (exact) mass is 276 g/mol. The Kier molecular flexibility index (Phi) is 5.19. The second kappa shape index (κ2) is 6.70. The van der Waals surface area contributed by atoms with Gasteiger partial charge in [0, 0.05) is 25.7 Å². The predicted molar refractivity (Wildman–Crippen MR) is 84.1 cm³/mol. The van der Waals surface area contributed by atoms with E-state index in [9.17, 15) is 0 Å². The van der Waals surface area contributed by atoms with Gasteiger partial charge in [-0.3, -0.25) is 4.90 Å². The zero-order valence-electron chi connectivity index (χ0n) is 13.3. The summed E-state index contributed by atoms with van der Waals surface area (Å²) in [7, 11) is 2.05. The molecule has 0 spiro atoms. The van der Waals surface area contributed by atoms with Crippen LogP contribution in [0.15, 0.2) is 24.3 Å². The molecule has 1 aromatic carbocycles. The Morgan fingerprint density at radius 1 is 1.30 bits per heavy atom. The van der Waals surface area contributed by atoms with Gasteiger partial charge in [0.25, 0.3) is 0 Å². The first-order valence-electron chi connectivity index (χ1n) is 7.60. The lowest BCUT2D eigenvalue weighted by Crippen LogP contribution is -2.48. The van der Waals surface area contributed by atoms with Crippen LogP contribution in [0.1, 0.15) is 37.4 Å². The number of ether oxygens (including phenoxy) is 1. The summed E-state index contributed by atoms with van der Waals surface area (Å²) in [6.45, 7) is 10.5. The molecule has 1 saturated heterocycles. The van der Waals surface area contributed by atoms with Gasteiger partial charge in [-0.05, 0) is 39.8 Å². The fraction of sp³-hybridized carbons (Fsp3) is 0.647. The van der Waals surface area contributed by atoms with Gasteiger partial charge in [0.1, 0.15) is 0 Å². The molecule has 0 aliphatic carbocycles. The summed E-state index contributed by atoms with van der Waals surface area (Å²) >= 11 is 0. The van der Waals surface area contributed by atoms with Crippen LogP contribution >= 0.6 is 0 Å². The van der Waals surface area contributed by atoms with Crippen LogP contribution in [0, 0.1) is 6.92 Å². The average Bonchev–Trinajstić information content (AvgIpc) is 2.40. The van der Waals surface area contributed by atoms with E-state index in [1.807, 2.05) is 7.05 Å². The molecular weight excluding hydrogens is 248 g/mol. The topological polar surface area (TPSA) is 24.5 Å². The van der Waals surface area contributed by atoms with E-state index in [0.717, 1.165) is 32.7 Å². The Morgan fingerprint density at radius 3 is 2.60 bits per heavy atom. The van der Waals surface area contributed by atoms with Crippen molar-refractivity contribution < 1.29 is 4.74 Å². The molecule has 3 nitrogen and oxygen atoms in total. The maximum Gasteiger partial charge on any atom is 0.0753 e. The standard InChI is InChI=1S/C17H28N2O/c1-14-5-7-15(8-6-14)16(18-4)9-10-19-11-12-20-17(2,3)13-19/h5-8,16,18H,9-13H2,1-4H3. The molecule has 1 atom stereocenters. The molecule has 20 heavy (non-hydrogen) atoms. The smallest absolute Gasteiger partial charge is 0.0753 e. The molecule has 0 bridgehead atoms. The summed E-state index contributed by atoms with van der Waals surface area (Å²) in [4.78, 5) is 2.52. The molecule has 1 aliphatic rings. The van der Waals surface area contributed by atoms with Crippen molar-refractivity contribution in [3.63, 3.8) is 0 Å². The first-order valence-corrected chi connectivity index (χ1v) is 7.60. The van der Waals surface area contributed by atoms with Gasteiger partial charge in [-0.25, -0.2) is 0 Å². The van der Waals surface area contributed by atoms with Crippen LogP contribution in [0.4, 0.5) is 0 Å². The van der Waals surface area contributed by atoms with Gasteiger partial charge in [0.2, 0.25) is 0 Å². The summed E-state index contributed by atoms with van der Waals surface area (Å²) in [5.74, 6) is 0. The third-order valence-corrected chi connectivity index (χ3v) is 4.07. The Bertz CT molecular complexity index is 414. The van der Waals surface area contributed by atoms with Crippen molar-refractivity contribution >= 4 is 0 Å². The molecular formula is C17H28N2O. The van der Waals surface area contributed by atoms with E-state index >= 15 is 0 Å². The van der Waals surface area contributed by atoms with Gasteiger partial charge in [-0.2, -0.15) is 0 Å². The van der Waals surface area contributed by atoms with Crippen molar-refractivity contribution in [3.05, 3.63) is 35.4 Å². The minimum Gasteiger partial charge on any atom is -0.373 e. The van der Waals surface area contributed by atoms with E-state index in [0.29, 0.717) is 6.04 Å². The van der Waals surface area contributed by atoms with Gasteiger partial charge in [-0.15, -0.1) is 0 Å². The van der Waals surface area contributed by atoms with Crippen LogP contribution in [0.25, 0.3) is 0 Å². The van der Waals surface area contributed by atoms with Gasteiger partial charge in [0.15, 0.2) is 0 Å². The normalized spacial score (nSPS) is 20.8. The first kappa shape index (κ1) is 15.5. The third kappa shape index (κ3) is 4.30. The lowest BCUT2D eigenvalue weighted by molar-refractivity contribution is -0.0864. The van der Waals surface area contributed by atoms with Crippen molar-refractivity contribution in [1.29, 1.82) is 0 Å². The summed E-state index contributed by atoms with van der Waals surface area (Å²) in [6, 6.07) is 9.29. The van der Waals surface area contributed by atoms with Crippen LogP contribution in [0.3, 0.4) is 0 Å². The quantitative estimate of drug-likeness (QED) is 0.895. The largest absolute Gasteiger partial charge is 0.373 e. The molecule has 1 heterocycles. The molecule has 0 aromatic heterocycles. The van der Waals surface area contributed by atoms with E-state index in [1.165, 1.54) is 11.1 Å². The van der Waals surface area contributed by atoms with E-state index in [-0.39, 0.29) is 5.60 Å². The highest BCUT2D eigenvalue weighted by Crippen LogP contribution is 2.20. The van der Waals surface area contributed by atoms with Crippen LogP contribution in [0.5, 0.6) is 0 Å². The van der Waals surface area contributed by atoms with Crippen molar-refractivity contribution in [1.82, 2.24) is 10.2 Å². The highest BCUT2D eigenvalue weighted by atomic mass is 16.5. The summed E-state index contributed by atoms with van der Waals surface area (Å²) in [6.07, 6.45) is 1.13. The highest BCUT2D eigenvalue weighted by Gasteiger charge is 2.27. The molecule has 0 radical (unpaired) electrons. The Balaban J connectivity index is 1.89. The number of hydrogen-bond donors (Lipinski definition) is 1. The van der Waals surface area contributed by atoms with Crippen molar-refractivity contribution in [3.8, 4) is 0 Å². The molecule has 0 amide bonds. The number of nitrogens with one attached hydrogen (secondary N) is 1. The van der Waals surface area contributed by atoms with E-state index in [2.05, 4.69) is 55.3 Å². The number of benzene rings is 1. The number of rotatable bonds is 5. The molecule has 112 valence electrons. The number of aryl methyl sites for hydroxylation is 1. The lowest BCUT2D eigenvalue weighted by atomic mass is 10.0. The van der Waals surface area contributed by atoms with Crippen LogP contribution in [0.2, 0.25) is 0 Å². The fourth-order valence-electron chi connectivity index (χ4n) is 2.89. The molecule has 2 rings (SSSR count). The zero-order valence-corrected chi connectivity index (χ0v) is 13.3.